The zero-order valence-corrected chi connectivity index (χ0v) is 14.1. The minimum Gasteiger partial charge on any atom is -0.352 e. The van der Waals surface area contributed by atoms with Gasteiger partial charge in [0, 0.05) is 23.5 Å². The van der Waals surface area contributed by atoms with Crippen molar-refractivity contribution in [3.05, 3.63) is 46.0 Å². The van der Waals surface area contributed by atoms with Gasteiger partial charge in [0.15, 0.2) is 0 Å². The quantitative estimate of drug-likeness (QED) is 0.774. The highest BCUT2D eigenvalue weighted by Crippen LogP contribution is 2.17. The van der Waals surface area contributed by atoms with Gasteiger partial charge < -0.3 is 10.6 Å². The fraction of sp³-hybridized carbons (Fsp3) is 0.471. The van der Waals surface area contributed by atoms with E-state index < -0.39 is 0 Å². The molecule has 0 spiro atoms. The normalized spacial score (nSPS) is 16.2. The molecule has 1 amide bonds. The summed E-state index contributed by atoms with van der Waals surface area (Å²) in [7, 11) is 0. The molecule has 4 heteroatoms. The Kier molecular flexibility index (Phi) is 6.46. The van der Waals surface area contributed by atoms with Crippen LogP contribution in [0.4, 0.5) is 0 Å². The number of hydrogen-bond donors (Lipinski definition) is 2. The molecule has 0 fully saturated rings. The molecule has 2 rings (SSSR count). The number of rotatable bonds is 6. The van der Waals surface area contributed by atoms with E-state index >= 15 is 0 Å². The third-order valence-corrected chi connectivity index (χ3v) is 4.38. The lowest BCUT2D eigenvalue weighted by molar-refractivity contribution is -0.124. The van der Waals surface area contributed by atoms with Crippen molar-refractivity contribution in [1.29, 1.82) is 0 Å². The maximum Gasteiger partial charge on any atom is 0.223 e. The summed E-state index contributed by atoms with van der Waals surface area (Å²) in [4.78, 5) is 12.3. The predicted octanol–water partition coefficient (Wildman–Crippen LogP) is 3.05. The highest BCUT2D eigenvalue weighted by Gasteiger charge is 2.17. The number of nitrogens with one attached hydrogen (secondary N) is 2. The zero-order chi connectivity index (χ0) is 15.1. The van der Waals surface area contributed by atoms with Crippen LogP contribution < -0.4 is 10.6 Å². The van der Waals surface area contributed by atoms with Gasteiger partial charge in [-0.05, 0) is 43.5 Å². The SMILES string of the molecule is CCC(Cc1cccc(Br)c1)C(=O)NCC1=CCNCC1. The van der Waals surface area contributed by atoms with Crippen LogP contribution in [0.3, 0.4) is 0 Å². The lowest BCUT2D eigenvalue weighted by atomic mass is 9.96. The van der Waals surface area contributed by atoms with E-state index in [1.165, 1.54) is 11.1 Å². The molecule has 0 aliphatic carbocycles. The summed E-state index contributed by atoms with van der Waals surface area (Å²) >= 11 is 3.48. The molecule has 0 saturated carbocycles. The highest BCUT2D eigenvalue weighted by atomic mass is 79.9. The van der Waals surface area contributed by atoms with E-state index in [9.17, 15) is 4.79 Å². The van der Waals surface area contributed by atoms with Gasteiger partial charge in [-0.2, -0.15) is 0 Å². The number of carbonyl (C=O) groups excluding carboxylic acids is 1. The van der Waals surface area contributed by atoms with Gasteiger partial charge in [-0.15, -0.1) is 0 Å². The van der Waals surface area contributed by atoms with Crippen molar-refractivity contribution in [3.8, 4) is 0 Å². The maximum atomic E-state index is 12.3. The van der Waals surface area contributed by atoms with Gasteiger partial charge in [-0.3, -0.25) is 4.79 Å². The molecule has 0 radical (unpaired) electrons. The monoisotopic (exact) mass is 350 g/mol. The largest absolute Gasteiger partial charge is 0.352 e. The summed E-state index contributed by atoms with van der Waals surface area (Å²) in [5.74, 6) is 0.207. The van der Waals surface area contributed by atoms with Crippen LogP contribution >= 0.6 is 15.9 Å². The summed E-state index contributed by atoms with van der Waals surface area (Å²) in [5, 5.41) is 6.37. The second-order valence-electron chi connectivity index (χ2n) is 5.47. The number of carbonyl (C=O) groups is 1. The molecule has 3 nitrogen and oxygen atoms in total. The molecule has 0 bridgehead atoms. The van der Waals surface area contributed by atoms with Crippen LogP contribution in [-0.4, -0.2) is 25.5 Å². The lowest BCUT2D eigenvalue weighted by Gasteiger charge is -2.18. The van der Waals surface area contributed by atoms with Crippen molar-refractivity contribution < 1.29 is 4.79 Å². The highest BCUT2D eigenvalue weighted by molar-refractivity contribution is 9.10. The van der Waals surface area contributed by atoms with Gasteiger partial charge in [0.1, 0.15) is 0 Å². The molecule has 1 aromatic carbocycles. The zero-order valence-electron chi connectivity index (χ0n) is 12.5. The Labute approximate surface area is 135 Å². The summed E-state index contributed by atoms with van der Waals surface area (Å²) in [6.07, 6.45) is 4.86. The van der Waals surface area contributed by atoms with Crippen LogP contribution in [0.2, 0.25) is 0 Å². The molecule has 114 valence electrons. The van der Waals surface area contributed by atoms with E-state index in [1.807, 2.05) is 12.1 Å². The molecule has 1 aromatic rings. The van der Waals surface area contributed by atoms with Crippen molar-refractivity contribution in [2.45, 2.75) is 26.2 Å². The van der Waals surface area contributed by atoms with Crippen LogP contribution in [0.15, 0.2) is 40.4 Å². The van der Waals surface area contributed by atoms with Gasteiger partial charge in [-0.1, -0.05) is 46.6 Å². The minimum absolute atomic E-state index is 0.0432. The van der Waals surface area contributed by atoms with Gasteiger partial charge in [0.05, 0.1) is 0 Å². The average Bonchev–Trinajstić information content (AvgIpc) is 2.51. The Bertz CT molecular complexity index is 513. The van der Waals surface area contributed by atoms with Crippen molar-refractivity contribution in [1.82, 2.24) is 10.6 Å². The summed E-state index contributed by atoms with van der Waals surface area (Å²) in [5.41, 5.74) is 2.53. The summed E-state index contributed by atoms with van der Waals surface area (Å²) in [6, 6.07) is 8.19. The van der Waals surface area contributed by atoms with Gasteiger partial charge in [-0.25, -0.2) is 0 Å². The molecular formula is C17H23BrN2O. The van der Waals surface area contributed by atoms with Crippen LogP contribution in [0.25, 0.3) is 0 Å². The lowest BCUT2D eigenvalue weighted by Crippen LogP contribution is -2.34. The molecule has 1 aliphatic rings. The Balaban J connectivity index is 1.87. The fourth-order valence-corrected chi connectivity index (χ4v) is 2.99. The first-order valence-electron chi connectivity index (χ1n) is 7.59. The molecule has 1 heterocycles. The van der Waals surface area contributed by atoms with E-state index in [0.29, 0.717) is 6.54 Å². The van der Waals surface area contributed by atoms with Crippen molar-refractivity contribution in [2.24, 2.45) is 5.92 Å². The summed E-state index contributed by atoms with van der Waals surface area (Å²) in [6.45, 7) is 4.69. The second kappa shape index (κ2) is 8.35. The van der Waals surface area contributed by atoms with Crippen LogP contribution in [-0.2, 0) is 11.2 Å². The van der Waals surface area contributed by atoms with Crippen molar-refractivity contribution >= 4 is 21.8 Å². The van der Waals surface area contributed by atoms with E-state index in [0.717, 1.165) is 36.8 Å². The molecule has 1 aliphatic heterocycles. The Hall–Kier alpha value is -1.13. The van der Waals surface area contributed by atoms with Crippen molar-refractivity contribution in [3.63, 3.8) is 0 Å². The van der Waals surface area contributed by atoms with E-state index in [2.05, 4.69) is 51.7 Å². The first-order valence-corrected chi connectivity index (χ1v) is 8.39. The Morgan fingerprint density at radius 2 is 2.33 bits per heavy atom. The third kappa shape index (κ3) is 5.29. The van der Waals surface area contributed by atoms with Gasteiger partial charge >= 0.3 is 0 Å². The van der Waals surface area contributed by atoms with Gasteiger partial charge in [0.25, 0.3) is 0 Å². The topological polar surface area (TPSA) is 41.1 Å². The molecule has 1 atom stereocenters. The van der Waals surface area contributed by atoms with Crippen molar-refractivity contribution in [2.75, 3.05) is 19.6 Å². The molecule has 21 heavy (non-hydrogen) atoms. The van der Waals surface area contributed by atoms with E-state index in [1.54, 1.807) is 0 Å². The summed E-state index contributed by atoms with van der Waals surface area (Å²) < 4.78 is 1.06. The smallest absolute Gasteiger partial charge is 0.223 e. The van der Waals surface area contributed by atoms with Crippen LogP contribution in [0.1, 0.15) is 25.3 Å². The number of benzene rings is 1. The third-order valence-electron chi connectivity index (χ3n) is 3.88. The van der Waals surface area contributed by atoms with Gasteiger partial charge in [0.2, 0.25) is 5.91 Å². The van der Waals surface area contributed by atoms with E-state index in [-0.39, 0.29) is 11.8 Å². The number of amides is 1. The number of hydrogen-bond acceptors (Lipinski definition) is 2. The van der Waals surface area contributed by atoms with Crippen LogP contribution in [0.5, 0.6) is 0 Å². The predicted molar refractivity (Wildman–Crippen MR) is 90.2 cm³/mol. The minimum atomic E-state index is 0.0432. The fourth-order valence-electron chi connectivity index (χ4n) is 2.55. The Morgan fingerprint density at radius 1 is 1.48 bits per heavy atom. The molecule has 2 N–H and O–H groups in total. The molecular weight excluding hydrogens is 328 g/mol. The maximum absolute atomic E-state index is 12.3. The Morgan fingerprint density at radius 3 is 3.00 bits per heavy atom. The molecule has 0 saturated heterocycles. The molecule has 1 unspecified atom stereocenters. The van der Waals surface area contributed by atoms with E-state index in [4.69, 9.17) is 0 Å². The second-order valence-corrected chi connectivity index (χ2v) is 6.39. The number of halogens is 1. The first-order chi connectivity index (χ1) is 10.2. The first kappa shape index (κ1) is 16.2. The standard InChI is InChI=1S/C17H23BrN2O/c1-2-15(10-14-4-3-5-16(18)11-14)17(21)20-12-13-6-8-19-9-7-13/h3-6,11,15,19H,2,7-10,12H2,1H3,(H,20,21). The average molecular weight is 351 g/mol. The van der Waals surface area contributed by atoms with Crippen LogP contribution in [0, 0.1) is 5.92 Å². The molecule has 0 aromatic heterocycles.